The minimum atomic E-state index is 0.766. The van der Waals surface area contributed by atoms with Crippen LogP contribution in [0.5, 0.6) is 11.5 Å². The fraction of sp³-hybridized carbons (Fsp3) is 0.500. The second kappa shape index (κ2) is 5.16. The smallest absolute Gasteiger partial charge is 0.176 e. The number of fused-ring (bicyclic) bond motifs is 1. The summed E-state index contributed by atoms with van der Waals surface area (Å²) in [6.45, 7) is 1.97. The molecule has 2 rings (SSSR count). The zero-order valence-corrected chi connectivity index (χ0v) is 13.3. The van der Waals surface area contributed by atoms with Gasteiger partial charge in [0.1, 0.15) is 0 Å². The van der Waals surface area contributed by atoms with Crippen molar-refractivity contribution >= 4 is 31.9 Å². The molecule has 1 aliphatic rings. The molecule has 3 nitrogen and oxygen atoms in total. The summed E-state index contributed by atoms with van der Waals surface area (Å²) in [6, 6.07) is 0. The standard InChI is InChI=1S/C12H15Br2NO2/c1-15-5-4-7-8(6-15)9(13)10(14)12(17-3)11(7)16-2/h4-6H2,1-3H3. The first kappa shape index (κ1) is 13.2. The summed E-state index contributed by atoms with van der Waals surface area (Å²) in [5, 5.41) is 0. The lowest BCUT2D eigenvalue weighted by Crippen LogP contribution is -2.27. The Morgan fingerprint density at radius 1 is 1.00 bits per heavy atom. The summed E-state index contributed by atoms with van der Waals surface area (Å²) < 4.78 is 12.9. The molecular weight excluding hydrogens is 350 g/mol. The van der Waals surface area contributed by atoms with Gasteiger partial charge in [0.15, 0.2) is 11.5 Å². The highest BCUT2D eigenvalue weighted by Gasteiger charge is 2.26. The van der Waals surface area contributed by atoms with Gasteiger partial charge in [-0.1, -0.05) is 0 Å². The van der Waals surface area contributed by atoms with E-state index in [4.69, 9.17) is 9.47 Å². The Morgan fingerprint density at radius 3 is 2.24 bits per heavy atom. The van der Waals surface area contributed by atoms with Gasteiger partial charge in [-0.3, -0.25) is 0 Å². The zero-order chi connectivity index (χ0) is 12.6. The van der Waals surface area contributed by atoms with E-state index in [9.17, 15) is 0 Å². The Hall–Kier alpha value is -0.260. The fourth-order valence-corrected chi connectivity index (χ4v) is 3.34. The van der Waals surface area contributed by atoms with Crippen LogP contribution in [0.3, 0.4) is 0 Å². The van der Waals surface area contributed by atoms with Crippen molar-refractivity contribution in [2.75, 3.05) is 27.8 Å². The largest absolute Gasteiger partial charge is 0.493 e. The molecule has 0 saturated heterocycles. The zero-order valence-electron chi connectivity index (χ0n) is 10.1. The van der Waals surface area contributed by atoms with E-state index in [1.807, 2.05) is 0 Å². The molecule has 1 aromatic rings. The Bertz CT molecular complexity index is 449. The average molecular weight is 365 g/mol. The number of rotatable bonds is 2. The van der Waals surface area contributed by atoms with Crippen LogP contribution in [0, 0.1) is 0 Å². The summed E-state index contributed by atoms with van der Waals surface area (Å²) >= 11 is 7.20. The Balaban J connectivity index is 2.67. The molecule has 0 atom stereocenters. The molecule has 17 heavy (non-hydrogen) atoms. The molecule has 0 unspecified atom stereocenters. The molecule has 1 aromatic carbocycles. The molecule has 5 heteroatoms. The fourth-order valence-electron chi connectivity index (χ4n) is 2.22. The van der Waals surface area contributed by atoms with Gasteiger partial charge in [0.2, 0.25) is 0 Å². The van der Waals surface area contributed by atoms with Gasteiger partial charge < -0.3 is 14.4 Å². The SMILES string of the molecule is COc1c(Br)c(Br)c2c(c1OC)CCN(C)C2. The van der Waals surface area contributed by atoms with Crippen molar-refractivity contribution < 1.29 is 9.47 Å². The first-order valence-electron chi connectivity index (χ1n) is 5.39. The van der Waals surface area contributed by atoms with Gasteiger partial charge in [0.25, 0.3) is 0 Å². The van der Waals surface area contributed by atoms with Gasteiger partial charge in [0, 0.05) is 23.1 Å². The molecule has 0 aromatic heterocycles. The number of ether oxygens (including phenoxy) is 2. The molecule has 1 heterocycles. The van der Waals surface area contributed by atoms with Gasteiger partial charge in [0.05, 0.1) is 18.7 Å². The van der Waals surface area contributed by atoms with E-state index in [1.165, 1.54) is 11.1 Å². The lowest BCUT2D eigenvalue weighted by Gasteiger charge is -2.29. The molecule has 0 amide bonds. The maximum Gasteiger partial charge on any atom is 0.176 e. The second-order valence-corrected chi connectivity index (χ2v) is 5.73. The van der Waals surface area contributed by atoms with Gasteiger partial charge in [-0.25, -0.2) is 0 Å². The number of likely N-dealkylation sites (N-methyl/N-ethyl adjacent to an activating group) is 1. The van der Waals surface area contributed by atoms with Crippen molar-refractivity contribution in [3.8, 4) is 11.5 Å². The predicted molar refractivity (Wildman–Crippen MR) is 75.0 cm³/mol. The van der Waals surface area contributed by atoms with Gasteiger partial charge in [-0.2, -0.15) is 0 Å². The van der Waals surface area contributed by atoms with Crippen molar-refractivity contribution in [1.29, 1.82) is 0 Å². The van der Waals surface area contributed by atoms with Gasteiger partial charge in [-0.15, -0.1) is 0 Å². The molecule has 0 fully saturated rings. The van der Waals surface area contributed by atoms with E-state index in [0.29, 0.717) is 0 Å². The van der Waals surface area contributed by atoms with Crippen LogP contribution in [-0.2, 0) is 13.0 Å². The van der Waals surface area contributed by atoms with Crippen molar-refractivity contribution in [3.63, 3.8) is 0 Å². The van der Waals surface area contributed by atoms with Crippen LogP contribution in [0.25, 0.3) is 0 Å². The minimum absolute atomic E-state index is 0.766. The predicted octanol–water partition coefficient (Wildman–Crippen LogP) is 3.22. The number of methoxy groups -OCH3 is 2. The first-order valence-corrected chi connectivity index (χ1v) is 6.98. The maximum atomic E-state index is 5.51. The van der Waals surface area contributed by atoms with Gasteiger partial charge in [-0.05, 0) is 50.9 Å². The maximum absolute atomic E-state index is 5.51. The molecule has 0 saturated carbocycles. The van der Waals surface area contributed by atoms with E-state index in [1.54, 1.807) is 14.2 Å². The number of hydrogen-bond donors (Lipinski definition) is 0. The first-order chi connectivity index (χ1) is 8.10. The summed E-state index contributed by atoms with van der Waals surface area (Å²) in [7, 11) is 5.48. The van der Waals surface area contributed by atoms with E-state index < -0.39 is 0 Å². The third-order valence-electron chi connectivity index (χ3n) is 3.08. The Kier molecular flexibility index (Phi) is 4.00. The topological polar surface area (TPSA) is 21.7 Å². The van der Waals surface area contributed by atoms with Crippen LogP contribution >= 0.6 is 31.9 Å². The van der Waals surface area contributed by atoms with Crippen LogP contribution in [0.1, 0.15) is 11.1 Å². The van der Waals surface area contributed by atoms with Crippen LogP contribution in [0.2, 0.25) is 0 Å². The molecule has 0 bridgehead atoms. The Morgan fingerprint density at radius 2 is 1.65 bits per heavy atom. The quantitative estimate of drug-likeness (QED) is 0.804. The molecule has 94 valence electrons. The lowest BCUT2D eigenvalue weighted by atomic mass is 9.98. The summed E-state index contributed by atoms with van der Waals surface area (Å²) in [4.78, 5) is 2.30. The number of halogens is 2. The summed E-state index contributed by atoms with van der Waals surface area (Å²) in [5.41, 5.74) is 2.53. The molecule has 0 aliphatic carbocycles. The number of hydrogen-bond acceptors (Lipinski definition) is 3. The number of nitrogens with zero attached hydrogens (tertiary/aromatic N) is 1. The van der Waals surface area contributed by atoms with Crippen molar-refractivity contribution in [1.82, 2.24) is 4.90 Å². The van der Waals surface area contributed by atoms with E-state index in [-0.39, 0.29) is 0 Å². The minimum Gasteiger partial charge on any atom is -0.493 e. The summed E-state index contributed by atoms with van der Waals surface area (Å²) in [6.07, 6.45) is 0.983. The van der Waals surface area contributed by atoms with Crippen LogP contribution in [-0.4, -0.2) is 32.7 Å². The van der Waals surface area contributed by atoms with E-state index in [2.05, 4.69) is 43.8 Å². The van der Waals surface area contributed by atoms with Crippen molar-refractivity contribution in [2.45, 2.75) is 13.0 Å². The van der Waals surface area contributed by atoms with E-state index >= 15 is 0 Å². The molecule has 1 aliphatic heterocycles. The molecule has 0 radical (unpaired) electrons. The number of benzene rings is 1. The van der Waals surface area contributed by atoms with Crippen LogP contribution in [0.4, 0.5) is 0 Å². The highest BCUT2D eigenvalue weighted by atomic mass is 79.9. The van der Waals surface area contributed by atoms with Gasteiger partial charge >= 0.3 is 0 Å². The lowest BCUT2D eigenvalue weighted by molar-refractivity contribution is 0.299. The third kappa shape index (κ3) is 2.20. The third-order valence-corrected chi connectivity index (χ3v) is 5.25. The normalized spacial score (nSPS) is 15.6. The monoisotopic (exact) mass is 363 g/mol. The highest BCUT2D eigenvalue weighted by molar-refractivity contribution is 9.13. The highest BCUT2D eigenvalue weighted by Crippen LogP contribution is 2.47. The van der Waals surface area contributed by atoms with Crippen LogP contribution in [0.15, 0.2) is 8.95 Å². The molecular formula is C12H15Br2NO2. The van der Waals surface area contributed by atoms with Crippen molar-refractivity contribution in [3.05, 3.63) is 20.1 Å². The second-order valence-electron chi connectivity index (χ2n) is 4.14. The molecule has 0 N–H and O–H groups in total. The van der Waals surface area contributed by atoms with Crippen molar-refractivity contribution in [2.24, 2.45) is 0 Å². The van der Waals surface area contributed by atoms with E-state index in [0.717, 1.165) is 40.0 Å². The molecule has 0 spiro atoms. The average Bonchev–Trinajstić information content (AvgIpc) is 2.33. The Labute approximate surface area is 118 Å². The summed E-state index contributed by atoms with van der Waals surface area (Å²) in [5.74, 6) is 1.62. The van der Waals surface area contributed by atoms with Crippen LogP contribution < -0.4 is 9.47 Å².